The maximum absolute atomic E-state index is 11.7. The SMILES string of the molecule is CCN(C)C(=O)Nc1cc(C)c(N)cc1C. The van der Waals surface area contributed by atoms with Gasteiger partial charge in [0, 0.05) is 25.0 Å². The molecule has 0 spiro atoms. The summed E-state index contributed by atoms with van der Waals surface area (Å²) in [6.07, 6.45) is 0. The molecule has 2 amide bonds. The molecule has 0 saturated heterocycles. The van der Waals surface area contributed by atoms with Crippen molar-refractivity contribution >= 4 is 17.4 Å². The zero-order chi connectivity index (χ0) is 12.3. The van der Waals surface area contributed by atoms with Gasteiger partial charge in [-0.05, 0) is 44.0 Å². The second kappa shape index (κ2) is 4.88. The van der Waals surface area contributed by atoms with E-state index in [2.05, 4.69) is 5.32 Å². The van der Waals surface area contributed by atoms with E-state index < -0.39 is 0 Å². The van der Waals surface area contributed by atoms with Gasteiger partial charge in [0.25, 0.3) is 0 Å². The Bertz CT molecular complexity index is 401. The van der Waals surface area contributed by atoms with Crippen LogP contribution in [0.4, 0.5) is 16.2 Å². The number of nitrogen functional groups attached to an aromatic ring is 1. The lowest BCUT2D eigenvalue weighted by molar-refractivity contribution is 0.224. The van der Waals surface area contributed by atoms with Gasteiger partial charge in [-0.1, -0.05) is 0 Å². The number of carbonyl (C=O) groups excluding carboxylic acids is 1. The second-order valence-corrected chi connectivity index (χ2v) is 3.97. The van der Waals surface area contributed by atoms with Crippen molar-refractivity contribution in [3.05, 3.63) is 23.3 Å². The molecule has 0 heterocycles. The van der Waals surface area contributed by atoms with Crippen molar-refractivity contribution in [1.29, 1.82) is 0 Å². The molecule has 0 radical (unpaired) electrons. The Labute approximate surface area is 96.4 Å². The van der Waals surface area contributed by atoms with Crippen molar-refractivity contribution in [3.8, 4) is 0 Å². The van der Waals surface area contributed by atoms with Gasteiger partial charge >= 0.3 is 6.03 Å². The van der Waals surface area contributed by atoms with Crippen molar-refractivity contribution in [3.63, 3.8) is 0 Å². The average molecular weight is 221 g/mol. The highest BCUT2D eigenvalue weighted by molar-refractivity contribution is 5.90. The summed E-state index contributed by atoms with van der Waals surface area (Å²) in [6.45, 7) is 6.46. The van der Waals surface area contributed by atoms with Gasteiger partial charge in [0.15, 0.2) is 0 Å². The van der Waals surface area contributed by atoms with Crippen LogP contribution in [0.5, 0.6) is 0 Å². The molecular formula is C12H19N3O. The number of hydrogen-bond acceptors (Lipinski definition) is 2. The van der Waals surface area contributed by atoms with Crippen LogP contribution in [-0.4, -0.2) is 24.5 Å². The number of benzene rings is 1. The van der Waals surface area contributed by atoms with Gasteiger partial charge in [-0.15, -0.1) is 0 Å². The lowest BCUT2D eigenvalue weighted by Gasteiger charge is -2.17. The number of nitrogens with two attached hydrogens (primary N) is 1. The van der Waals surface area contributed by atoms with Crippen molar-refractivity contribution in [2.24, 2.45) is 0 Å². The number of anilines is 2. The predicted octanol–water partition coefficient (Wildman–Crippen LogP) is 2.37. The van der Waals surface area contributed by atoms with Crippen LogP contribution in [0.15, 0.2) is 12.1 Å². The topological polar surface area (TPSA) is 58.4 Å². The first-order valence-electron chi connectivity index (χ1n) is 5.34. The van der Waals surface area contributed by atoms with Gasteiger partial charge in [0.1, 0.15) is 0 Å². The van der Waals surface area contributed by atoms with Crippen LogP contribution in [0.25, 0.3) is 0 Å². The van der Waals surface area contributed by atoms with E-state index in [0.717, 1.165) is 22.5 Å². The normalized spacial score (nSPS) is 10.0. The summed E-state index contributed by atoms with van der Waals surface area (Å²) in [5, 5.41) is 2.86. The van der Waals surface area contributed by atoms with Crippen molar-refractivity contribution < 1.29 is 4.79 Å². The Hall–Kier alpha value is -1.71. The third-order valence-corrected chi connectivity index (χ3v) is 2.68. The molecule has 4 nitrogen and oxygen atoms in total. The molecule has 0 saturated carbocycles. The van der Waals surface area contributed by atoms with E-state index in [4.69, 9.17) is 5.73 Å². The number of nitrogens with one attached hydrogen (secondary N) is 1. The minimum Gasteiger partial charge on any atom is -0.399 e. The maximum atomic E-state index is 11.7. The number of urea groups is 1. The van der Waals surface area contributed by atoms with Crippen molar-refractivity contribution in [1.82, 2.24) is 4.90 Å². The fourth-order valence-electron chi connectivity index (χ4n) is 1.33. The highest BCUT2D eigenvalue weighted by atomic mass is 16.2. The van der Waals surface area contributed by atoms with E-state index in [0.29, 0.717) is 6.54 Å². The minimum absolute atomic E-state index is 0.102. The van der Waals surface area contributed by atoms with Gasteiger partial charge in [-0.2, -0.15) is 0 Å². The molecule has 0 bridgehead atoms. The number of carbonyl (C=O) groups is 1. The third kappa shape index (κ3) is 2.66. The highest BCUT2D eigenvalue weighted by Crippen LogP contribution is 2.22. The predicted molar refractivity (Wildman–Crippen MR) is 67.7 cm³/mol. The molecule has 4 heteroatoms. The highest BCUT2D eigenvalue weighted by Gasteiger charge is 2.09. The summed E-state index contributed by atoms with van der Waals surface area (Å²) < 4.78 is 0. The Morgan fingerprint density at radius 2 is 2.00 bits per heavy atom. The number of amides is 2. The molecule has 0 atom stereocenters. The van der Waals surface area contributed by atoms with E-state index in [1.54, 1.807) is 11.9 Å². The first-order chi connectivity index (χ1) is 7.45. The second-order valence-electron chi connectivity index (χ2n) is 3.97. The zero-order valence-corrected chi connectivity index (χ0v) is 10.3. The number of hydrogen-bond donors (Lipinski definition) is 2. The van der Waals surface area contributed by atoms with E-state index >= 15 is 0 Å². The van der Waals surface area contributed by atoms with E-state index in [1.165, 1.54) is 0 Å². The molecule has 0 aliphatic heterocycles. The summed E-state index contributed by atoms with van der Waals surface area (Å²) in [5.41, 5.74) is 9.29. The van der Waals surface area contributed by atoms with Crippen LogP contribution in [0.1, 0.15) is 18.1 Å². The molecule has 0 fully saturated rings. The summed E-state index contributed by atoms with van der Waals surface area (Å²) in [5.74, 6) is 0. The van der Waals surface area contributed by atoms with Gasteiger partial charge in [-0.25, -0.2) is 4.79 Å². The third-order valence-electron chi connectivity index (χ3n) is 2.68. The lowest BCUT2D eigenvalue weighted by Crippen LogP contribution is -2.31. The van der Waals surface area contributed by atoms with Crippen LogP contribution in [0.3, 0.4) is 0 Å². The lowest BCUT2D eigenvalue weighted by atomic mass is 10.1. The van der Waals surface area contributed by atoms with Crippen LogP contribution in [0, 0.1) is 13.8 Å². The largest absolute Gasteiger partial charge is 0.399 e. The Morgan fingerprint density at radius 1 is 1.38 bits per heavy atom. The number of nitrogens with zero attached hydrogens (tertiary/aromatic N) is 1. The number of aryl methyl sites for hydroxylation is 2. The van der Waals surface area contributed by atoms with Crippen LogP contribution < -0.4 is 11.1 Å². The molecule has 1 rings (SSSR count). The van der Waals surface area contributed by atoms with Crippen molar-refractivity contribution in [2.75, 3.05) is 24.6 Å². The zero-order valence-electron chi connectivity index (χ0n) is 10.3. The van der Waals surface area contributed by atoms with E-state index in [9.17, 15) is 4.79 Å². The smallest absolute Gasteiger partial charge is 0.321 e. The van der Waals surface area contributed by atoms with Crippen molar-refractivity contribution in [2.45, 2.75) is 20.8 Å². The van der Waals surface area contributed by atoms with Crippen LogP contribution in [0.2, 0.25) is 0 Å². The van der Waals surface area contributed by atoms with Crippen LogP contribution in [-0.2, 0) is 0 Å². The molecule has 0 aromatic heterocycles. The molecule has 1 aromatic carbocycles. The quantitative estimate of drug-likeness (QED) is 0.753. The first-order valence-corrected chi connectivity index (χ1v) is 5.34. The molecule has 16 heavy (non-hydrogen) atoms. The first kappa shape index (κ1) is 12.4. The van der Waals surface area contributed by atoms with E-state index in [1.807, 2.05) is 32.9 Å². The molecule has 1 aromatic rings. The summed E-state index contributed by atoms with van der Waals surface area (Å²) >= 11 is 0. The fraction of sp³-hybridized carbons (Fsp3) is 0.417. The monoisotopic (exact) mass is 221 g/mol. The molecule has 0 aliphatic rings. The van der Waals surface area contributed by atoms with Gasteiger partial charge in [0.2, 0.25) is 0 Å². The van der Waals surface area contributed by atoms with Gasteiger partial charge < -0.3 is 16.0 Å². The summed E-state index contributed by atoms with van der Waals surface area (Å²) in [7, 11) is 1.76. The molecular weight excluding hydrogens is 202 g/mol. The molecule has 88 valence electrons. The minimum atomic E-state index is -0.102. The van der Waals surface area contributed by atoms with Gasteiger partial charge in [-0.3, -0.25) is 0 Å². The molecule has 0 unspecified atom stereocenters. The summed E-state index contributed by atoms with van der Waals surface area (Å²) in [4.78, 5) is 13.3. The van der Waals surface area contributed by atoms with Gasteiger partial charge in [0.05, 0.1) is 0 Å². The maximum Gasteiger partial charge on any atom is 0.321 e. The Morgan fingerprint density at radius 3 is 2.56 bits per heavy atom. The van der Waals surface area contributed by atoms with E-state index in [-0.39, 0.29) is 6.03 Å². The van der Waals surface area contributed by atoms with Crippen LogP contribution >= 0.6 is 0 Å². The molecule has 0 aliphatic carbocycles. The molecule has 3 N–H and O–H groups in total. The summed E-state index contributed by atoms with van der Waals surface area (Å²) in [6, 6.07) is 3.66. The average Bonchev–Trinajstić information content (AvgIpc) is 2.24. The standard InChI is InChI=1S/C12H19N3O/c1-5-15(4)12(16)14-11-7-8(2)10(13)6-9(11)3/h6-7H,5,13H2,1-4H3,(H,14,16). The Kier molecular flexibility index (Phi) is 3.77. The fourth-order valence-corrected chi connectivity index (χ4v) is 1.33. The number of rotatable bonds is 2. The Balaban J connectivity index is 2.90.